The number of hydrogen-bond donors (Lipinski definition) is 2. The van der Waals surface area contributed by atoms with Gasteiger partial charge in [-0.05, 0) is 32.4 Å². The van der Waals surface area contributed by atoms with Crippen molar-refractivity contribution >= 4 is 0 Å². The van der Waals surface area contributed by atoms with Crippen LogP contribution in [-0.2, 0) is 4.74 Å². The summed E-state index contributed by atoms with van der Waals surface area (Å²) in [5.74, 6) is 0. The van der Waals surface area contributed by atoms with Crippen molar-refractivity contribution in [3.8, 4) is 0 Å². The molecule has 0 amide bonds. The van der Waals surface area contributed by atoms with Gasteiger partial charge in [-0.1, -0.05) is 0 Å². The molecule has 0 radical (unpaired) electrons. The van der Waals surface area contributed by atoms with Gasteiger partial charge in [0.15, 0.2) is 0 Å². The lowest BCUT2D eigenvalue weighted by Crippen LogP contribution is -2.27. The first-order valence-corrected chi connectivity index (χ1v) is 5.66. The van der Waals surface area contributed by atoms with E-state index in [0.29, 0.717) is 6.54 Å². The number of ether oxygens (including phenoxy) is 1. The van der Waals surface area contributed by atoms with Gasteiger partial charge in [0.1, 0.15) is 6.61 Å². The van der Waals surface area contributed by atoms with E-state index in [0.717, 1.165) is 25.6 Å². The molecule has 0 spiro atoms. The first-order valence-electron chi connectivity index (χ1n) is 5.66. The second kappa shape index (κ2) is 7.09. The molecule has 1 aliphatic rings. The van der Waals surface area contributed by atoms with Crippen LogP contribution in [0.1, 0.15) is 19.3 Å². The van der Waals surface area contributed by atoms with Gasteiger partial charge >= 0.3 is 6.18 Å². The van der Waals surface area contributed by atoms with E-state index in [-0.39, 0.29) is 6.61 Å². The van der Waals surface area contributed by atoms with Crippen LogP contribution in [0.25, 0.3) is 0 Å². The first-order chi connectivity index (χ1) is 7.58. The zero-order chi connectivity index (χ0) is 11.9. The Hall–Kier alpha value is -0.330. The van der Waals surface area contributed by atoms with Crippen LogP contribution in [0.5, 0.6) is 0 Å². The van der Waals surface area contributed by atoms with Gasteiger partial charge < -0.3 is 15.4 Å². The molecule has 1 fully saturated rings. The van der Waals surface area contributed by atoms with Gasteiger partial charge in [-0.2, -0.15) is 13.2 Å². The van der Waals surface area contributed by atoms with Crippen molar-refractivity contribution in [3.63, 3.8) is 0 Å². The van der Waals surface area contributed by atoms with Crippen LogP contribution in [0.4, 0.5) is 13.2 Å². The third kappa shape index (κ3) is 8.94. The van der Waals surface area contributed by atoms with Gasteiger partial charge in [-0.15, -0.1) is 0 Å². The molecule has 0 saturated heterocycles. The molecule has 0 bridgehead atoms. The number of hydrogen-bond acceptors (Lipinski definition) is 3. The van der Waals surface area contributed by atoms with E-state index < -0.39 is 12.8 Å². The summed E-state index contributed by atoms with van der Waals surface area (Å²) in [7, 11) is 0. The second-order valence-corrected chi connectivity index (χ2v) is 4.00. The maximum atomic E-state index is 11.7. The van der Waals surface area contributed by atoms with Gasteiger partial charge in [0.05, 0.1) is 6.61 Å². The first kappa shape index (κ1) is 13.7. The van der Waals surface area contributed by atoms with Gasteiger partial charge in [-0.25, -0.2) is 0 Å². The largest absolute Gasteiger partial charge is 0.411 e. The Morgan fingerprint density at radius 3 is 2.50 bits per heavy atom. The fourth-order valence-corrected chi connectivity index (χ4v) is 1.26. The molecule has 0 unspecified atom stereocenters. The quantitative estimate of drug-likeness (QED) is 0.596. The Labute approximate surface area is 93.7 Å². The predicted molar refractivity (Wildman–Crippen MR) is 55.4 cm³/mol. The smallest absolute Gasteiger partial charge is 0.371 e. The van der Waals surface area contributed by atoms with Crippen molar-refractivity contribution in [2.45, 2.75) is 31.5 Å². The normalized spacial score (nSPS) is 16.7. The van der Waals surface area contributed by atoms with Crippen molar-refractivity contribution in [3.05, 3.63) is 0 Å². The van der Waals surface area contributed by atoms with Crippen LogP contribution in [0.3, 0.4) is 0 Å². The number of alkyl halides is 3. The highest BCUT2D eigenvalue weighted by atomic mass is 19.4. The summed E-state index contributed by atoms with van der Waals surface area (Å²) in [5, 5.41) is 6.39. The number of rotatable bonds is 9. The molecule has 0 aromatic rings. The zero-order valence-corrected chi connectivity index (χ0v) is 9.28. The Balaban J connectivity index is 1.70. The topological polar surface area (TPSA) is 33.3 Å². The molecule has 2 N–H and O–H groups in total. The summed E-state index contributed by atoms with van der Waals surface area (Å²) in [6.45, 7) is 1.21. The van der Waals surface area contributed by atoms with Gasteiger partial charge in [-0.3, -0.25) is 0 Å². The molecule has 16 heavy (non-hydrogen) atoms. The maximum absolute atomic E-state index is 11.7. The molecule has 96 valence electrons. The van der Waals surface area contributed by atoms with E-state index in [9.17, 15) is 13.2 Å². The Morgan fingerprint density at radius 2 is 1.88 bits per heavy atom. The molecule has 1 rings (SSSR count). The van der Waals surface area contributed by atoms with Crippen molar-refractivity contribution in [2.75, 3.05) is 32.8 Å². The van der Waals surface area contributed by atoms with E-state index in [2.05, 4.69) is 15.4 Å². The maximum Gasteiger partial charge on any atom is 0.411 e. The number of halogens is 3. The summed E-state index contributed by atoms with van der Waals surface area (Å²) >= 11 is 0. The third-order valence-electron chi connectivity index (χ3n) is 2.23. The van der Waals surface area contributed by atoms with Crippen LogP contribution in [0, 0.1) is 0 Å². The Morgan fingerprint density at radius 1 is 1.12 bits per heavy atom. The third-order valence-corrected chi connectivity index (χ3v) is 2.23. The summed E-state index contributed by atoms with van der Waals surface area (Å²) < 4.78 is 39.4. The van der Waals surface area contributed by atoms with E-state index in [1.807, 2.05) is 0 Å². The highest BCUT2D eigenvalue weighted by Crippen LogP contribution is 2.18. The highest BCUT2D eigenvalue weighted by Gasteiger charge is 2.27. The molecule has 1 aliphatic carbocycles. The van der Waals surface area contributed by atoms with E-state index in [1.54, 1.807) is 0 Å². The van der Waals surface area contributed by atoms with Crippen molar-refractivity contribution in [1.82, 2.24) is 10.6 Å². The van der Waals surface area contributed by atoms with Gasteiger partial charge in [0, 0.05) is 12.6 Å². The van der Waals surface area contributed by atoms with Crippen molar-refractivity contribution in [1.29, 1.82) is 0 Å². The van der Waals surface area contributed by atoms with E-state index >= 15 is 0 Å². The lowest BCUT2D eigenvalue weighted by atomic mass is 10.4. The predicted octanol–water partition coefficient (Wildman–Crippen LogP) is 1.30. The molecule has 1 saturated carbocycles. The summed E-state index contributed by atoms with van der Waals surface area (Å²) in [6, 6.07) is 0.718. The van der Waals surface area contributed by atoms with Crippen LogP contribution < -0.4 is 10.6 Å². The minimum Gasteiger partial charge on any atom is -0.371 e. The zero-order valence-electron chi connectivity index (χ0n) is 9.28. The average molecular weight is 240 g/mol. The Bertz CT molecular complexity index is 183. The molecule has 3 nitrogen and oxygen atoms in total. The minimum atomic E-state index is -4.21. The van der Waals surface area contributed by atoms with Crippen molar-refractivity contribution in [2.24, 2.45) is 0 Å². The van der Waals surface area contributed by atoms with Gasteiger partial charge in [0.2, 0.25) is 0 Å². The van der Waals surface area contributed by atoms with Crippen molar-refractivity contribution < 1.29 is 17.9 Å². The number of nitrogens with one attached hydrogen (secondary N) is 2. The Kier molecular flexibility index (Phi) is 6.08. The highest BCUT2D eigenvalue weighted by molar-refractivity contribution is 4.80. The molecule has 0 heterocycles. The molecule has 0 aromatic heterocycles. The second-order valence-electron chi connectivity index (χ2n) is 4.00. The molecule has 0 atom stereocenters. The molecular weight excluding hydrogens is 221 g/mol. The molecule has 6 heteroatoms. The molecular formula is C10H19F3N2O. The van der Waals surface area contributed by atoms with Crippen LogP contribution in [0.2, 0.25) is 0 Å². The lowest BCUT2D eigenvalue weighted by Gasteiger charge is -2.08. The summed E-state index contributed by atoms with van der Waals surface area (Å²) in [6.07, 6.45) is -0.665. The van der Waals surface area contributed by atoms with Crippen LogP contribution in [0.15, 0.2) is 0 Å². The lowest BCUT2D eigenvalue weighted by molar-refractivity contribution is -0.173. The SMILES string of the molecule is FC(F)(F)COCCNCCCNC1CC1. The van der Waals surface area contributed by atoms with Crippen LogP contribution in [-0.4, -0.2) is 45.1 Å². The van der Waals surface area contributed by atoms with E-state index in [4.69, 9.17) is 0 Å². The van der Waals surface area contributed by atoms with Gasteiger partial charge in [0.25, 0.3) is 0 Å². The fourth-order valence-electron chi connectivity index (χ4n) is 1.26. The molecule has 0 aromatic carbocycles. The van der Waals surface area contributed by atoms with E-state index in [1.165, 1.54) is 12.8 Å². The fraction of sp³-hybridized carbons (Fsp3) is 1.00. The standard InChI is InChI=1S/C10H19F3N2O/c11-10(12,13)8-16-7-6-14-4-1-5-15-9-2-3-9/h9,14-15H,1-8H2. The van der Waals surface area contributed by atoms with Crippen LogP contribution >= 0.6 is 0 Å². The molecule has 0 aliphatic heterocycles. The monoisotopic (exact) mass is 240 g/mol. The summed E-state index contributed by atoms with van der Waals surface area (Å²) in [5.41, 5.74) is 0. The summed E-state index contributed by atoms with van der Waals surface area (Å²) in [4.78, 5) is 0. The minimum absolute atomic E-state index is 0.107. The average Bonchev–Trinajstić information content (AvgIpc) is 2.97.